The molecule has 25 heavy (non-hydrogen) atoms. The van der Waals surface area contributed by atoms with Crippen molar-refractivity contribution in [3.8, 4) is 28.6 Å². The molecule has 1 heterocycles. The number of benzene rings is 2. The van der Waals surface area contributed by atoms with Gasteiger partial charge in [-0.05, 0) is 31.2 Å². The topological polar surface area (TPSA) is 39.0 Å². The molecule has 0 N–H and O–H groups in total. The molecular formula is C19H17Cl2O4+. The molecule has 0 amide bonds. The Morgan fingerprint density at radius 3 is 2.36 bits per heavy atom. The van der Waals surface area contributed by atoms with Crippen molar-refractivity contribution in [1.29, 1.82) is 0 Å². The summed E-state index contributed by atoms with van der Waals surface area (Å²) >= 11 is 12.4. The average Bonchev–Trinajstić information content (AvgIpc) is 2.61. The lowest BCUT2D eigenvalue weighted by Crippen LogP contribution is -1.95. The quantitative estimate of drug-likeness (QED) is 0.501. The van der Waals surface area contributed by atoms with Gasteiger partial charge in [0.05, 0.1) is 32.5 Å². The monoisotopic (exact) mass is 379 g/mol. The second-order valence-electron chi connectivity index (χ2n) is 5.24. The number of halogens is 2. The Balaban J connectivity index is 2.23. The first kappa shape index (κ1) is 17.6. The molecular weight excluding hydrogens is 363 g/mol. The van der Waals surface area contributed by atoms with Crippen molar-refractivity contribution in [3.05, 3.63) is 46.4 Å². The van der Waals surface area contributed by atoms with E-state index < -0.39 is 0 Å². The van der Waals surface area contributed by atoms with Gasteiger partial charge in [0, 0.05) is 11.1 Å². The van der Waals surface area contributed by atoms with E-state index in [9.17, 15) is 0 Å². The van der Waals surface area contributed by atoms with Crippen LogP contribution in [0.4, 0.5) is 0 Å². The van der Waals surface area contributed by atoms with Crippen molar-refractivity contribution in [2.75, 3.05) is 20.8 Å². The molecule has 0 saturated carbocycles. The number of rotatable bonds is 5. The Morgan fingerprint density at radius 2 is 1.68 bits per heavy atom. The van der Waals surface area contributed by atoms with Crippen LogP contribution in [-0.4, -0.2) is 20.8 Å². The molecule has 0 spiro atoms. The zero-order valence-corrected chi connectivity index (χ0v) is 15.6. The Morgan fingerprint density at radius 1 is 0.920 bits per heavy atom. The zero-order chi connectivity index (χ0) is 18.0. The smallest absolute Gasteiger partial charge is 0.383 e. The van der Waals surface area contributed by atoms with Crippen LogP contribution in [0.25, 0.3) is 22.3 Å². The maximum atomic E-state index is 6.32. The van der Waals surface area contributed by atoms with E-state index in [2.05, 4.69) is 0 Å². The average molecular weight is 380 g/mol. The number of hydrogen-bond donors (Lipinski definition) is 0. The van der Waals surface area contributed by atoms with Crippen molar-refractivity contribution >= 4 is 34.2 Å². The highest BCUT2D eigenvalue weighted by Gasteiger charge is 2.24. The molecule has 0 aliphatic heterocycles. The molecule has 0 radical (unpaired) electrons. The van der Waals surface area contributed by atoms with Crippen LogP contribution in [0.15, 0.2) is 40.8 Å². The summed E-state index contributed by atoms with van der Waals surface area (Å²) < 4.78 is 22.4. The van der Waals surface area contributed by atoms with E-state index in [1.807, 2.05) is 31.2 Å². The van der Waals surface area contributed by atoms with E-state index in [-0.39, 0.29) is 0 Å². The molecule has 0 fully saturated rings. The van der Waals surface area contributed by atoms with Crippen LogP contribution in [0, 0.1) is 0 Å². The van der Waals surface area contributed by atoms with Crippen LogP contribution in [-0.2, 0) is 0 Å². The predicted molar refractivity (Wildman–Crippen MR) is 100 cm³/mol. The molecule has 4 nitrogen and oxygen atoms in total. The van der Waals surface area contributed by atoms with Crippen molar-refractivity contribution < 1.29 is 18.6 Å². The maximum absolute atomic E-state index is 6.32. The van der Waals surface area contributed by atoms with E-state index in [0.717, 1.165) is 10.9 Å². The summed E-state index contributed by atoms with van der Waals surface area (Å²) in [5, 5.41) is 1.67. The van der Waals surface area contributed by atoms with Gasteiger partial charge in [-0.1, -0.05) is 23.2 Å². The SMILES string of the molecule is CCOc1cc(-c2ccc(OC)c(OC)c2)[o+]c2c(Cl)cc(Cl)cc12. The summed E-state index contributed by atoms with van der Waals surface area (Å²) in [5.41, 5.74) is 1.33. The van der Waals surface area contributed by atoms with Gasteiger partial charge in [0.1, 0.15) is 16.2 Å². The summed E-state index contributed by atoms with van der Waals surface area (Å²) in [4.78, 5) is 0. The van der Waals surface area contributed by atoms with Crippen LogP contribution in [0.2, 0.25) is 10.0 Å². The van der Waals surface area contributed by atoms with Crippen molar-refractivity contribution in [2.45, 2.75) is 6.92 Å². The normalized spacial score (nSPS) is 10.8. The van der Waals surface area contributed by atoms with Crippen molar-refractivity contribution in [2.24, 2.45) is 0 Å². The molecule has 2 aromatic carbocycles. The molecule has 0 atom stereocenters. The van der Waals surface area contributed by atoms with Gasteiger partial charge in [-0.2, -0.15) is 0 Å². The largest absolute Gasteiger partial charge is 0.493 e. The van der Waals surface area contributed by atoms with Crippen LogP contribution >= 0.6 is 23.2 Å². The summed E-state index contributed by atoms with van der Waals surface area (Å²) in [6, 6.07) is 10.8. The highest BCUT2D eigenvalue weighted by atomic mass is 35.5. The second-order valence-corrected chi connectivity index (χ2v) is 6.09. The van der Waals surface area contributed by atoms with Crippen molar-refractivity contribution in [3.63, 3.8) is 0 Å². The highest BCUT2D eigenvalue weighted by Crippen LogP contribution is 2.39. The Labute approximate surface area is 155 Å². The number of hydrogen-bond acceptors (Lipinski definition) is 3. The number of methoxy groups -OCH3 is 2. The van der Waals surface area contributed by atoms with Crippen LogP contribution in [0.5, 0.6) is 17.2 Å². The molecule has 1 aromatic heterocycles. The van der Waals surface area contributed by atoms with E-state index in [1.54, 1.807) is 26.4 Å². The van der Waals surface area contributed by atoms with Gasteiger partial charge in [0.2, 0.25) is 0 Å². The minimum absolute atomic E-state index is 0.422. The first-order valence-corrected chi connectivity index (χ1v) is 8.44. The molecule has 0 unspecified atom stereocenters. The molecule has 130 valence electrons. The number of fused-ring (bicyclic) bond motifs is 1. The summed E-state index contributed by atoms with van der Waals surface area (Å²) in [6.45, 7) is 2.42. The molecule has 0 aliphatic rings. The highest BCUT2D eigenvalue weighted by molar-refractivity contribution is 6.38. The molecule has 0 bridgehead atoms. The van der Waals surface area contributed by atoms with E-state index in [4.69, 9.17) is 41.8 Å². The van der Waals surface area contributed by atoms with Gasteiger partial charge >= 0.3 is 11.3 Å². The van der Waals surface area contributed by atoms with Crippen molar-refractivity contribution in [1.82, 2.24) is 0 Å². The number of ether oxygens (including phenoxy) is 3. The second kappa shape index (κ2) is 7.38. The van der Waals surface area contributed by atoms with Gasteiger partial charge in [-0.25, -0.2) is 4.42 Å². The molecule has 0 aliphatic carbocycles. The van der Waals surface area contributed by atoms with Crippen LogP contribution in [0.3, 0.4) is 0 Å². The minimum Gasteiger partial charge on any atom is -0.493 e. The van der Waals surface area contributed by atoms with Gasteiger partial charge < -0.3 is 14.2 Å². The van der Waals surface area contributed by atoms with E-state index >= 15 is 0 Å². The standard InChI is InChI=1S/C19H17Cl2O4/c1-4-24-17-10-16(11-5-6-15(22-2)18(7-11)23-3)25-19-13(17)8-12(20)9-14(19)21/h5-10H,4H2,1-3H3/q+1. The van der Waals surface area contributed by atoms with Gasteiger partial charge in [0.15, 0.2) is 11.5 Å². The van der Waals surface area contributed by atoms with Gasteiger partial charge in [-0.15, -0.1) is 0 Å². The summed E-state index contributed by atoms with van der Waals surface area (Å²) in [5.74, 6) is 2.50. The van der Waals surface area contributed by atoms with E-state index in [1.165, 1.54) is 0 Å². The third kappa shape index (κ3) is 3.46. The van der Waals surface area contributed by atoms with Crippen LogP contribution < -0.4 is 14.2 Å². The third-order valence-corrected chi connectivity index (χ3v) is 4.21. The lowest BCUT2D eigenvalue weighted by molar-refractivity contribution is 0.342. The molecule has 3 rings (SSSR count). The first-order valence-electron chi connectivity index (χ1n) is 7.68. The third-order valence-electron chi connectivity index (χ3n) is 3.72. The van der Waals surface area contributed by atoms with Gasteiger partial charge in [0.25, 0.3) is 0 Å². The van der Waals surface area contributed by atoms with Gasteiger partial charge in [-0.3, -0.25) is 0 Å². The summed E-state index contributed by atoms with van der Waals surface area (Å²) in [6.07, 6.45) is 0. The first-order chi connectivity index (χ1) is 12.1. The zero-order valence-electron chi connectivity index (χ0n) is 14.1. The fraction of sp³-hybridized carbons (Fsp3) is 0.211. The van der Waals surface area contributed by atoms with Crippen LogP contribution in [0.1, 0.15) is 6.92 Å². The predicted octanol–water partition coefficient (Wildman–Crippen LogP) is 6.10. The van der Waals surface area contributed by atoms with E-state index in [0.29, 0.717) is 45.2 Å². The molecule has 6 heteroatoms. The fourth-order valence-corrected chi connectivity index (χ4v) is 3.12. The fourth-order valence-electron chi connectivity index (χ4n) is 2.59. The summed E-state index contributed by atoms with van der Waals surface area (Å²) in [7, 11) is 3.18. The Hall–Kier alpha value is -2.17. The lowest BCUT2D eigenvalue weighted by Gasteiger charge is -2.08. The Kier molecular flexibility index (Phi) is 5.21. The maximum Gasteiger partial charge on any atom is 0.383 e. The molecule has 0 saturated heterocycles. The Bertz CT molecular complexity index is 925. The molecule has 3 aromatic rings. The lowest BCUT2D eigenvalue weighted by atomic mass is 10.1. The minimum atomic E-state index is 0.422.